The first-order chi connectivity index (χ1) is 3.64. The number of hydrogen-bond acceptors (Lipinski definition) is 5. The van der Waals surface area contributed by atoms with Crippen molar-refractivity contribution in [2.45, 2.75) is 0 Å². The van der Waals surface area contributed by atoms with E-state index in [1.54, 1.807) is 0 Å². The third-order valence-corrected chi connectivity index (χ3v) is 1.15. The maximum atomic E-state index is 9.96. The van der Waals surface area contributed by atoms with Crippen LogP contribution in [0.5, 0.6) is 0 Å². The maximum absolute atomic E-state index is 9.96. The van der Waals surface area contributed by atoms with Crippen LogP contribution in [-0.4, -0.2) is 10.1 Å². The summed E-state index contributed by atoms with van der Waals surface area (Å²) in [5, 5.41) is 8.06. The largest absolute Gasteiger partial charge is 0.520 e. The number of nitrogens with zero attached hydrogens (tertiary/aromatic N) is 2. The summed E-state index contributed by atoms with van der Waals surface area (Å²) in [5.74, 6) is 0. The van der Waals surface area contributed by atoms with Crippen molar-refractivity contribution in [3.05, 3.63) is 0 Å². The molecule has 1 fully saturated rings. The first-order valence-corrected chi connectivity index (χ1v) is 3.06. The van der Waals surface area contributed by atoms with Gasteiger partial charge in [0.1, 0.15) is 0 Å². The number of rotatable bonds is 0. The molecule has 1 aliphatic rings. The maximum Gasteiger partial charge on any atom is 0.520 e. The molecule has 1 aliphatic heterocycles. The first kappa shape index (κ1) is 5.54. The zero-order valence-corrected chi connectivity index (χ0v) is 4.41. The summed E-state index contributed by atoms with van der Waals surface area (Å²) < 4.78 is 17.6. The molecule has 0 saturated carbocycles. The molecule has 1 N–H and O–H groups in total. The van der Waals surface area contributed by atoms with Crippen LogP contribution in [0.1, 0.15) is 0 Å². The standard InChI is InChI=1S/CHN2O4P/c2-1-3-6-8(4,5)7-3/h(H,4,5). The molecule has 0 unspecified atom stereocenters. The molecule has 0 amide bonds. The molecular formula is CHN2O4P. The minimum atomic E-state index is -3.84. The van der Waals surface area contributed by atoms with Gasteiger partial charge >= 0.3 is 7.82 Å². The zero-order valence-electron chi connectivity index (χ0n) is 3.51. The molecule has 8 heavy (non-hydrogen) atoms. The average Bonchev–Trinajstić information content (AvgIpc) is 1.60. The lowest BCUT2D eigenvalue weighted by molar-refractivity contribution is -0.308. The van der Waals surface area contributed by atoms with Gasteiger partial charge in [-0.3, -0.25) is 4.89 Å². The highest BCUT2D eigenvalue weighted by atomic mass is 31.2. The Bertz CT molecular complexity index is 173. The van der Waals surface area contributed by atoms with Gasteiger partial charge in [-0.05, 0) is 5.23 Å². The van der Waals surface area contributed by atoms with E-state index < -0.39 is 7.82 Å². The quantitative estimate of drug-likeness (QED) is 0.365. The first-order valence-electron chi connectivity index (χ1n) is 1.56. The third-order valence-electron chi connectivity index (χ3n) is 0.436. The van der Waals surface area contributed by atoms with Gasteiger partial charge in [-0.1, -0.05) is 0 Å². The zero-order chi connectivity index (χ0) is 6.20. The number of nitriles is 1. The predicted molar refractivity (Wildman–Crippen MR) is 19.4 cm³/mol. The van der Waals surface area contributed by atoms with Crippen molar-refractivity contribution in [2.75, 3.05) is 0 Å². The van der Waals surface area contributed by atoms with Crippen LogP contribution in [-0.2, 0) is 13.8 Å². The van der Waals surface area contributed by atoms with Crippen molar-refractivity contribution < 1.29 is 18.7 Å². The summed E-state index contributed by atoms with van der Waals surface area (Å²) in [6.07, 6.45) is 1.31. The van der Waals surface area contributed by atoms with E-state index in [2.05, 4.69) is 9.25 Å². The second kappa shape index (κ2) is 1.44. The molecule has 7 heteroatoms. The van der Waals surface area contributed by atoms with E-state index in [1.165, 1.54) is 6.19 Å². The molecule has 0 atom stereocenters. The van der Waals surface area contributed by atoms with Crippen molar-refractivity contribution in [1.29, 1.82) is 5.26 Å². The van der Waals surface area contributed by atoms with Gasteiger partial charge in [-0.2, -0.15) is 5.26 Å². The van der Waals surface area contributed by atoms with Crippen LogP contribution in [0.2, 0.25) is 0 Å². The van der Waals surface area contributed by atoms with Crippen LogP contribution in [0.3, 0.4) is 0 Å². The average molecular weight is 136 g/mol. The third kappa shape index (κ3) is 0.804. The molecule has 0 aromatic heterocycles. The molecular weight excluding hydrogens is 135 g/mol. The Hall–Kier alpha value is -0.600. The van der Waals surface area contributed by atoms with Crippen molar-refractivity contribution in [2.24, 2.45) is 0 Å². The number of hydrogen-bond donors (Lipinski definition) is 1. The van der Waals surface area contributed by atoms with Crippen LogP contribution < -0.4 is 0 Å². The van der Waals surface area contributed by atoms with E-state index >= 15 is 0 Å². The van der Waals surface area contributed by atoms with Crippen LogP contribution in [0.25, 0.3) is 0 Å². The Morgan fingerprint density at radius 3 is 2.38 bits per heavy atom. The molecule has 0 aromatic rings. The van der Waals surface area contributed by atoms with Crippen molar-refractivity contribution in [1.82, 2.24) is 5.23 Å². The van der Waals surface area contributed by atoms with Gasteiger partial charge < -0.3 is 0 Å². The summed E-state index contributed by atoms with van der Waals surface area (Å²) >= 11 is 0. The van der Waals surface area contributed by atoms with Gasteiger partial charge in [0, 0.05) is 0 Å². The van der Waals surface area contributed by atoms with Crippen LogP contribution in [0.15, 0.2) is 0 Å². The summed E-state index contributed by atoms with van der Waals surface area (Å²) in [6.45, 7) is 0. The Labute approximate surface area is 44.4 Å². The van der Waals surface area contributed by atoms with E-state index in [4.69, 9.17) is 10.2 Å². The molecule has 1 rings (SSSR count). The molecule has 0 spiro atoms. The van der Waals surface area contributed by atoms with Gasteiger partial charge in [-0.15, -0.1) is 9.25 Å². The molecule has 44 valence electrons. The lowest BCUT2D eigenvalue weighted by atomic mass is 11.4. The molecule has 0 aliphatic carbocycles. The van der Waals surface area contributed by atoms with Crippen LogP contribution in [0, 0.1) is 11.5 Å². The fourth-order valence-corrected chi connectivity index (χ4v) is 0.690. The Kier molecular flexibility index (Phi) is 0.994. The lowest BCUT2D eigenvalue weighted by Gasteiger charge is -2.24. The Morgan fingerprint density at radius 2 is 2.25 bits per heavy atom. The summed E-state index contributed by atoms with van der Waals surface area (Å²) in [5.41, 5.74) is 0. The highest BCUT2D eigenvalue weighted by Gasteiger charge is 2.41. The van der Waals surface area contributed by atoms with Gasteiger partial charge in [0.25, 0.3) is 0 Å². The van der Waals surface area contributed by atoms with Gasteiger partial charge in [0.05, 0.1) is 0 Å². The van der Waals surface area contributed by atoms with Crippen molar-refractivity contribution in [3.63, 3.8) is 0 Å². The minimum Gasteiger partial charge on any atom is -0.300 e. The molecule has 1 saturated heterocycles. The predicted octanol–water partition coefficient (Wildman–Crippen LogP) is -0.253. The molecule has 1 heterocycles. The van der Waals surface area contributed by atoms with E-state index in [0.717, 1.165) is 0 Å². The van der Waals surface area contributed by atoms with Crippen LogP contribution >= 0.6 is 7.82 Å². The molecule has 6 nitrogen and oxygen atoms in total. The normalized spacial score (nSPS) is 23.8. The minimum absolute atomic E-state index is 0.251. The SMILES string of the molecule is N#CN1OP(=O)(O)O1. The fourth-order valence-electron chi connectivity index (χ4n) is 0.230. The van der Waals surface area contributed by atoms with Crippen molar-refractivity contribution in [3.8, 4) is 6.19 Å². The van der Waals surface area contributed by atoms with Gasteiger partial charge in [0.15, 0.2) is 0 Å². The second-order valence-electron chi connectivity index (χ2n) is 0.989. The summed E-state index contributed by atoms with van der Waals surface area (Å²) in [6, 6.07) is 0. The summed E-state index contributed by atoms with van der Waals surface area (Å²) in [7, 11) is -3.84. The molecule has 0 radical (unpaired) electrons. The van der Waals surface area contributed by atoms with Gasteiger partial charge in [0.2, 0.25) is 6.19 Å². The van der Waals surface area contributed by atoms with Gasteiger partial charge in [-0.25, -0.2) is 4.57 Å². The fraction of sp³-hybridized carbons (Fsp3) is 0. The number of hydroxylamine groups is 2. The number of phosphoric acid groups is 1. The van der Waals surface area contributed by atoms with E-state index in [0.29, 0.717) is 0 Å². The molecule has 0 bridgehead atoms. The van der Waals surface area contributed by atoms with E-state index in [-0.39, 0.29) is 5.23 Å². The Morgan fingerprint density at radius 1 is 1.75 bits per heavy atom. The smallest absolute Gasteiger partial charge is 0.300 e. The van der Waals surface area contributed by atoms with E-state index in [1.807, 2.05) is 0 Å². The second-order valence-corrected chi connectivity index (χ2v) is 2.25. The lowest BCUT2D eigenvalue weighted by Crippen LogP contribution is -2.26. The Balaban J connectivity index is 2.46. The highest BCUT2D eigenvalue weighted by molar-refractivity contribution is 7.48. The van der Waals surface area contributed by atoms with E-state index in [9.17, 15) is 4.57 Å². The van der Waals surface area contributed by atoms with Crippen LogP contribution in [0.4, 0.5) is 0 Å². The topological polar surface area (TPSA) is 82.8 Å². The molecule has 0 aromatic carbocycles. The van der Waals surface area contributed by atoms with Crippen molar-refractivity contribution >= 4 is 7.82 Å². The highest BCUT2D eigenvalue weighted by Crippen LogP contribution is 2.53. The summed E-state index contributed by atoms with van der Waals surface area (Å²) in [4.78, 5) is 8.13. The monoisotopic (exact) mass is 136 g/mol.